The molecule has 1 saturated heterocycles. The molecule has 3 nitrogen and oxygen atoms in total. The molecule has 4 heteroatoms. The van der Waals surface area contributed by atoms with Gasteiger partial charge in [0.25, 0.3) is 0 Å². The van der Waals surface area contributed by atoms with E-state index in [2.05, 4.69) is 5.32 Å². The van der Waals surface area contributed by atoms with E-state index in [9.17, 15) is 4.39 Å². The zero-order chi connectivity index (χ0) is 13.2. The van der Waals surface area contributed by atoms with Crippen molar-refractivity contribution in [3.8, 4) is 6.07 Å². The molecular weight excluding hydrogens is 243 g/mol. The summed E-state index contributed by atoms with van der Waals surface area (Å²) in [4.78, 5) is 0. The van der Waals surface area contributed by atoms with Gasteiger partial charge < -0.3 is 10.1 Å². The van der Waals surface area contributed by atoms with E-state index in [1.807, 2.05) is 6.07 Å². The molecule has 2 aliphatic rings. The minimum atomic E-state index is -0.370. The Balaban J connectivity index is 1.68. The highest BCUT2D eigenvalue weighted by Gasteiger charge is 2.35. The Bertz CT molecular complexity index is 507. The van der Waals surface area contributed by atoms with Gasteiger partial charge in [-0.1, -0.05) is 0 Å². The van der Waals surface area contributed by atoms with Gasteiger partial charge in [0.2, 0.25) is 0 Å². The Morgan fingerprint density at radius 1 is 1.32 bits per heavy atom. The van der Waals surface area contributed by atoms with Gasteiger partial charge in [0.05, 0.1) is 17.4 Å². The predicted molar refractivity (Wildman–Crippen MR) is 70.2 cm³/mol. The smallest absolute Gasteiger partial charge is 0.124 e. The molecule has 2 fully saturated rings. The maximum absolute atomic E-state index is 13.1. The van der Waals surface area contributed by atoms with Gasteiger partial charge >= 0.3 is 0 Å². The van der Waals surface area contributed by atoms with E-state index in [-0.39, 0.29) is 5.82 Å². The summed E-state index contributed by atoms with van der Waals surface area (Å²) < 4.78 is 18.9. The van der Waals surface area contributed by atoms with E-state index in [0.717, 1.165) is 31.1 Å². The van der Waals surface area contributed by atoms with Crippen molar-refractivity contribution in [1.29, 1.82) is 5.26 Å². The van der Waals surface area contributed by atoms with E-state index >= 15 is 0 Å². The van der Waals surface area contributed by atoms with Gasteiger partial charge in [-0.3, -0.25) is 0 Å². The number of nitriles is 1. The van der Waals surface area contributed by atoms with Gasteiger partial charge in [0, 0.05) is 12.6 Å². The van der Waals surface area contributed by atoms with Crippen LogP contribution in [-0.4, -0.2) is 18.8 Å². The summed E-state index contributed by atoms with van der Waals surface area (Å²) in [7, 11) is 0. The third-order valence-corrected chi connectivity index (χ3v) is 3.92. The fourth-order valence-corrected chi connectivity index (χ4v) is 2.71. The maximum atomic E-state index is 13.1. The van der Waals surface area contributed by atoms with Crippen LogP contribution in [0.2, 0.25) is 0 Å². The molecular formula is C15H17FN2O. The van der Waals surface area contributed by atoms with Crippen LogP contribution >= 0.6 is 0 Å². The van der Waals surface area contributed by atoms with Crippen molar-refractivity contribution in [1.82, 2.24) is 0 Å². The van der Waals surface area contributed by atoms with Crippen LogP contribution < -0.4 is 5.32 Å². The summed E-state index contributed by atoms with van der Waals surface area (Å²) in [6.07, 6.45) is 4.82. The molecule has 0 amide bonds. The quantitative estimate of drug-likeness (QED) is 0.908. The second-order valence-electron chi connectivity index (χ2n) is 5.41. The first-order chi connectivity index (χ1) is 9.26. The zero-order valence-electron chi connectivity index (χ0n) is 10.7. The number of halogens is 1. The molecule has 1 heterocycles. The molecule has 2 unspecified atom stereocenters. The van der Waals surface area contributed by atoms with Crippen molar-refractivity contribution in [3.63, 3.8) is 0 Å². The van der Waals surface area contributed by atoms with Crippen molar-refractivity contribution >= 4 is 5.69 Å². The van der Waals surface area contributed by atoms with E-state index in [4.69, 9.17) is 10.00 Å². The number of nitrogens with one attached hydrogen (secondary N) is 1. The lowest BCUT2D eigenvalue weighted by molar-refractivity contribution is -0.00219. The number of rotatable bonds is 3. The van der Waals surface area contributed by atoms with Crippen LogP contribution in [0, 0.1) is 23.1 Å². The highest BCUT2D eigenvalue weighted by atomic mass is 19.1. The summed E-state index contributed by atoms with van der Waals surface area (Å²) in [5.41, 5.74) is 1.10. The molecule has 0 radical (unpaired) electrons. The third-order valence-electron chi connectivity index (χ3n) is 3.92. The van der Waals surface area contributed by atoms with Crippen molar-refractivity contribution in [2.24, 2.45) is 5.92 Å². The molecule has 19 heavy (non-hydrogen) atoms. The van der Waals surface area contributed by atoms with Crippen molar-refractivity contribution < 1.29 is 9.13 Å². The normalized spacial score (nSPS) is 26.7. The van der Waals surface area contributed by atoms with Crippen molar-refractivity contribution in [3.05, 3.63) is 29.6 Å². The molecule has 100 valence electrons. The van der Waals surface area contributed by atoms with Crippen LogP contribution in [0.5, 0.6) is 0 Å². The van der Waals surface area contributed by atoms with Gasteiger partial charge in [-0.05, 0) is 49.8 Å². The summed E-state index contributed by atoms with van der Waals surface area (Å²) in [6, 6.07) is 6.67. The molecule has 1 aliphatic carbocycles. The lowest BCUT2D eigenvalue weighted by atomic mass is 9.99. The number of hydrogen-bond donors (Lipinski definition) is 1. The summed E-state index contributed by atoms with van der Waals surface area (Å²) in [5, 5.41) is 12.4. The first-order valence-electron chi connectivity index (χ1n) is 6.84. The molecule has 1 aliphatic heterocycles. The molecule has 1 aromatic rings. The van der Waals surface area contributed by atoms with Gasteiger partial charge in [-0.2, -0.15) is 5.26 Å². The number of anilines is 1. The second-order valence-corrected chi connectivity index (χ2v) is 5.41. The van der Waals surface area contributed by atoms with E-state index in [0.29, 0.717) is 17.7 Å². The second kappa shape index (κ2) is 5.18. The van der Waals surface area contributed by atoms with E-state index in [1.165, 1.54) is 25.0 Å². The number of benzene rings is 1. The van der Waals surface area contributed by atoms with E-state index in [1.54, 1.807) is 6.07 Å². The van der Waals surface area contributed by atoms with Crippen LogP contribution in [-0.2, 0) is 4.74 Å². The summed E-state index contributed by atoms with van der Waals surface area (Å²) in [5.74, 6) is 0.359. The Kier molecular flexibility index (Phi) is 3.39. The molecule has 1 N–H and O–H groups in total. The number of nitrogens with zero attached hydrogens (tertiary/aromatic N) is 1. The fourth-order valence-electron chi connectivity index (χ4n) is 2.71. The summed E-state index contributed by atoms with van der Waals surface area (Å²) >= 11 is 0. The first-order valence-corrected chi connectivity index (χ1v) is 6.84. The monoisotopic (exact) mass is 260 g/mol. The zero-order valence-corrected chi connectivity index (χ0v) is 10.7. The third kappa shape index (κ3) is 2.87. The molecule has 0 aromatic heterocycles. The Morgan fingerprint density at radius 2 is 2.16 bits per heavy atom. The minimum absolute atomic E-state index is 0.317. The van der Waals surface area contributed by atoms with Crippen LogP contribution in [0.4, 0.5) is 10.1 Å². The molecule has 3 rings (SSSR count). The van der Waals surface area contributed by atoms with E-state index < -0.39 is 0 Å². The highest BCUT2D eigenvalue weighted by molar-refractivity contribution is 5.57. The Labute approximate surface area is 112 Å². The predicted octanol–water partition coefficient (Wildman–Crippen LogP) is 3.07. The molecule has 1 aromatic carbocycles. The minimum Gasteiger partial charge on any atom is -0.381 e. The van der Waals surface area contributed by atoms with Crippen molar-refractivity contribution in [2.45, 2.75) is 37.8 Å². The lowest BCUT2D eigenvalue weighted by Gasteiger charge is -2.31. The number of hydrogen-bond acceptors (Lipinski definition) is 3. The standard InChI is InChI=1S/C15H17FN2O/c16-12-3-4-14(11(7-12)9-17)18-13-5-6-19-15(8-13)10-1-2-10/h3-4,7,10,13,15,18H,1-2,5-6,8H2. The van der Waals surface area contributed by atoms with Gasteiger partial charge in [-0.25, -0.2) is 4.39 Å². The molecule has 0 bridgehead atoms. The molecule has 2 atom stereocenters. The van der Waals surface area contributed by atoms with Crippen LogP contribution in [0.3, 0.4) is 0 Å². The molecule has 1 saturated carbocycles. The SMILES string of the molecule is N#Cc1cc(F)ccc1NC1CCOC(C2CC2)C1. The first kappa shape index (κ1) is 12.4. The Hall–Kier alpha value is -1.60. The highest BCUT2D eigenvalue weighted by Crippen LogP contribution is 2.38. The van der Waals surface area contributed by atoms with Gasteiger partial charge in [0.1, 0.15) is 11.9 Å². The average molecular weight is 260 g/mol. The fraction of sp³-hybridized carbons (Fsp3) is 0.533. The Morgan fingerprint density at radius 3 is 2.89 bits per heavy atom. The van der Waals surface area contributed by atoms with Crippen LogP contribution in [0.15, 0.2) is 18.2 Å². The number of ether oxygens (including phenoxy) is 1. The molecule has 0 spiro atoms. The van der Waals surface area contributed by atoms with Crippen LogP contribution in [0.1, 0.15) is 31.2 Å². The summed E-state index contributed by atoms with van der Waals surface area (Å²) in [6.45, 7) is 0.766. The largest absolute Gasteiger partial charge is 0.381 e. The van der Waals surface area contributed by atoms with Gasteiger partial charge in [0.15, 0.2) is 0 Å². The van der Waals surface area contributed by atoms with Crippen LogP contribution in [0.25, 0.3) is 0 Å². The lowest BCUT2D eigenvalue weighted by Crippen LogP contribution is -2.35. The van der Waals surface area contributed by atoms with Gasteiger partial charge in [-0.15, -0.1) is 0 Å². The van der Waals surface area contributed by atoms with Crippen molar-refractivity contribution in [2.75, 3.05) is 11.9 Å². The maximum Gasteiger partial charge on any atom is 0.124 e. The average Bonchev–Trinajstić information content (AvgIpc) is 3.25. The topological polar surface area (TPSA) is 45.0 Å².